The Morgan fingerprint density at radius 2 is 1.73 bits per heavy atom. The fourth-order valence-electron chi connectivity index (χ4n) is 3.50. The quantitative estimate of drug-likeness (QED) is 0.467. The molecule has 2 atom stereocenters. The van der Waals surface area contributed by atoms with Crippen LogP contribution in [0.5, 0.6) is 0 Å². The average molecular weight is 420 g/mol. The van der Waals surface area contributed by atoms with Crippen LogP contribution in [0, 0.1) is 0 Å². The highest BCUT2D eigenvalue weighted by Gasteiger charge is 2.38. The van der Waals surface area contributed by atoms with E-state index in [1.54, 1.807) is 0 Å². The number of aliphatic hydroxyl groups excluding tert-OH is 1. The van der Waals surface area contributed by atoms with Crippen molar-refractivity contribution in [2.75, 3.05) is 19.7 Å². The van der Waals surface area contributed by atoms with Gasteiger partial charge in [0.15, 0.2) is 0 Å². The third-order valence-corrected chi connectivity index (χ3v) is 5.39. The van der Waals surface area contributed by atoms with Crippen LogP contribution in [0.25, 0.3) is 0 Å². The van der Waals surface area contributed by atoms with Gasteiger partial charge in [-0.3, -0.25) is 0 Å². The van der Waals surface area contributed by atoms with Crippen LogP contribution in [0.4, 0.5) is 0 Å². The summed E-state index contributed by atoms with van der Waals surface area (Å²) < 4.78 is 1.01. The summed E-state index contributed by atoms with van der Waals surface area (Å²) in [5, 5.41) is 24.2. The fraction of sp³-hybridized carbons (Fsp3) is 0.455. The van der Waals surface area contributed by atoms with Crippen LogP contribution >= 0.6 is 15.9 Å². The second-order valence-electron chi connectivity index (χ2n) is 6.78. The van der Waals surface area contributed by atoms with E-state index in [0.717, 1.165) is 41.4 Å². The molecule has 0 spiro atoms. The van der Waals surface area contributed by atoms with Crippen molar-refractivity contribution in [2.24, 2.45) is 0 Å². The van der Waals surface area contributed by atoms with Crippen LogP contribution in [0.15, 0.2) is 59.1 Å². The SMILES string of the molecule is CCC[C@@](O)(c1ccc(Br)cc1)[C@H](CNCCCCO)c1ccccc1. The highest BCUT2D eigenvalue weighted by molar-refractivity contribution is 9.10. The molecule has 0 saturated carbocycles. The van der Waals surface area contributed by atoms with Crippen LogP contribution in [0.3, 0.4) is 0 Å². The molecule has 0 aliphatic heterocycles. The van der Waals surface area contributed by atoms with Crippen LogP contribution in [-0.4, -0.2) is 29.9 Å². The molecule has 2 rings (SSSR count). The van der Waals surface area contributed by atoms with Crippen LogP contribution in [0.2, 0.25) is 0 Å². The minimum atomic E-state index is -0.930. The number of benzene rings is 2. The molecule has 0 aliphatic rings. The highest BCUT2D eigenvalue weighted by atomic mass is 79.9. The van der Waals surface area contributed by atoms with E-state index >= 15 is 0 Å². The van der Waals surface area contributed by atoms with Crippen LogP contribution in [0.1, 0.15) is 49.7 Å². The first-order valence-electron chi connectivity index (χ1n) is 9.46. The molecule has 0 unspecified atom stereocenters. The summed E-state index contributed by atoms with van der Waals surface area (Å²) >= 11 is 3.48. The summed E-state index contributed by atoms with van der Waals surface area (Å²) in [6, 6.07) is 18.3. The molecule has 0 fully saturated rings. The Morgan fingerprint density at radius 1 is 1.04 bits per heavy atom. The molecule has 3 N–H and O–H groups in total. The summed E-state index contributed by atoms with van der Waals surface area (Å²) in [5.41, 5.74) is 1.16. The Kier molecular flexibility index (Phi) is 8.79. The van der Waals surface area contributed by atoms with Gasteiger partial charge in [0.1, 0.15) is 0 Å². The number of hydrogen-bond donors (Lipinski definition) is 3. The second-order valence-corrected chi connectivity index (χ2v) is 7.69. The molecular weight excluding hydrogens is 390 g/mol. The molecule has 0 aliphatic carbocycles. The molecule has 0 saturated heterocycles. The number of nitrogens with one attached hydrogen (secondary N) is 1. The smallest absolute Gasteiger partial charge is 0.0976 e. The Hall–Kier alpha value is -1.20. The maximum Gasteiger partial charge on any atom is 0.0976 e. The first-order valence-corrected chi connectivity index (χ1v) is 10.3. The van der Waals surface area contributed by atoms with E-state index in [2.05, 4.69) is 40.3 Å². The topological polar surface area (TPSA) is 52.5 Å². The summed E-state index contributed by atoms with van der Waals surface area (Å²) in [7, 11) is 0. The Bertz CT molecular complexity index is 632. The third-order valence-electron chi connectivity index (χ3n) is 4.86. The molecule has 2 aromatic carbocycles. The van der Waals surface area contributed by atoms with Gasteiger partial charge in [-0.2, -0.15) is 0 Å². The fourth-order valence-corrected chi connectivity index (χ4v) is 3.76. The lowest BCUT2D eigenvalue weighted by Crippen LogP contribution is -2.39. The number of unbranched alkanes of at least 4 members (excludes halogenated alkanes) is 1. The molecule has 26 heavy (non-hydrogen) atoms. The molecule has 0 aromatic heterocycles. The maximum atomic E-state index is 11.8. The molecular formula is C22H30BrNO2. The zero-order valence-electron chi connectivity index (χ0n) is 15.5. The van der Waals surface area contributed by atoms with Crippen molar-refractivity contribution in [1.82, 2.24) is 5.32 Å². The van der Waals surface area contributed by atoms with Gasteiger partial charge in [0, 0.05) is 23.5 Å². The normalized spacial score (nSPS) is 14.8. The molecule has 142 valence electrons. The van der Waals surface area contributed by atoms with Crippen molar-refractivity contribution in [1.29, 1.82) is 0 Å². The summed E-state index contributed by atoms with van der Waals surface area (Å²) in [6.45, 7) is 3.87. The van der Waals surface area contributed by atoms with E-state index in [1.807, 2.05) is 42.5 Å². The number of hydrogen-bond acceptors (Lipinski definition) is 3. The second kappa shape index (κ2) is 10.8. The van der Waals surface area contributed by atoms with Crippen LogP contribution < -0.4 is 5.32 Å². The zero-order chi connectivity index (χ0) is 18.8. The molecule has 4 heteroatoms. The summed E-state index contributed by atoms with van der Waals surface area (Å²) in [5.74, 6) is -0.0426. The van der Waals surface area contributed by atoms with Crippen molar-refractivity contribution in [3.63, 3.8) is 0 Å². The first-order chi connectivity index (χ1) is 12.6. The molecule has 2 aromatic rings. The van der Waals surface area contributed by atoms with Gasteiger partial charge in [-0.05, 0) is 49.1 Å². The minimum absolute atomic E-state index is 0.0426. The lowest BCUT2D eigenvalue weighted by molar-refractivity contribution is -0.00238. The Morgan fingerprint density at radius 3 is 2.35 bits per heavy atom. The first kappa shape index (κ1) is 21.1. The lowest BCUT2D eigenvalue weighted by atomic mass is 9.74. The highest BCUT2D eigenvalue weighted by Crippen LogP contribution is 2.40. The Labute approximate surface area is 165 Å². The van der Waals surface area contributed by atoms with Crippen molar-refractivity contribution >= 4 is 15.9 Å². The van der Waals surface area contributed by atoms with Crippen molar-refractivity contribution in [3.8, 4) is 0 Å². The van der Waals surface area contributed by atoms with Gasteiger partial charge < -0.3 is 15.5 Å². The maximum absolute atomic E-state index is 11.8. The van der Waals surface area contributed by atoms with E-state index in [4.69, 9.17) is 5.11 Å². The van der Waals surface area contributed by atoms with E-state index in [0.29, 0.717) is 13.0 Å². The lowest BCUT2D eigenvalue weighted by Gasteiger charge is -2.37. The molecule has 3 nitrogen and oxygen atoms in total. The molecule has 0 heterocycles. The van der Waals surface area contributed by atoms with Crippen molar-refractivity contribution < 1.29 is 10.2 Å². The van der Waals surface area contributed by atoms with Gasteiger partial charge in [0.2, 0.25) is 0 Å². The standard InChI is InChI=1S/C22H30BrNO2/c1-2-14-22(26,19-10-12-20(23)13-11-19)21(17-24-15-6-7-16-25)18-8-4-3-5-9-18/h3-5,8-13,21,24-26H,2,6-7,14-17H2,1H3/t21-,22-/m1/s1. The predicted molar refractivity (Wildman–Crippen MR) is 111 cm³/mol. The number of rotatable bonds is 11. The van der Waals surface area contributed by atoms with Gasteiger partial charge in [-0.1, -0.05) is 71.7 Å². The monoisotopic (exact) mass is 419 g/mol. The average Bonchev–Trinajstić information content (AvgIpc) is 2.66. The Balaban J connectivity index is 2.30. The predicted octanol–water partition coefficient (Wildman–Crippen LogP) is 4.58. The summed E-state index contributed by atoms with van der Waals surface area (Å²) in [4.78, 5) is 0. The molecule has 0 bridgehead atoms. The molecule has 0 radical (unpaired) electrons. The number of aliphatic hydroxyl groups is 2. The van der Waals surface area contributed by atoms with Gasteiger partial charge in [0.05, 0.1) is 5.60 Å². The third kappa shape index (κ3) is 5.65. The van der Waals surface area contributed by atoms with Gasteiger partial charge >= 0.3 is 0 Å². The van der Waals surface area contributed by atoms with Gasteiger partial charge in [-0.15, -0.1) is 0 Å². The van der Waals surface area contributed by atoms with E-state index in [1.165, 1.54) is 0 Å². The van der Waals surface area contributed by atoms with Gasteiger partial charge in [-0.25, -0.2) is 0 Å². The number of halogens is 1. The van der Waals surface area contributed by atoms with Gasteiger partial charge in [0.25, 0.3) is 0 Å². The van der Waals surface area contributed by atoms with E-state index < -0.39 is 5.60 Å². The van der Waals surface area contributed by atoms with Crippen molar-refractivity contribution in [2.45, 2.75) is 44.1 Å². The minimum Gasteiger partial charge on any atom is -0.396 e. The zero-order valence-corrected chi connectivity index (χ0v) is 17.1. The van der Waals surface area contributed by atoms with E-state index in [9.17, 15) is 5.11 Å². The van der Waals surface area contributed by atoms with Crippen molar-refractivity contribution in [3.05, 3.63) is 70.2 Å². The van der Waals surface area contributed by atoms with Crippen LogP contribution in [-0.2, 0) is 5.60 Å². The largest absolute Gasteiger partial charge is 0.396 e. The van der Waals surface area contributed by atoms with E-state index in [-0.39, 0.29) is 12.5 Å². The molecule has 0 amide bonds. The summed E-state index contributed by atoms with van der Waals surface area (Å²) in [6.07, 6.45) is 3.34.